The summed E-state index contributed by atoms with van der Waals surface area (Å²) in [4.78, 5) is 0. The van der Waals surface area contributed by atoms with E-state index in [1.54, 1.807) is 0 Å². The second-order valence-electron chi connectivity index (χ2n) is 6.15. The fraction of sp³-hybridized carbons (Fsp3) is 0.391. The molecule has 29 heavy (non-hydrogen) atoms. The number of hydrogen-bond acceptors (Lipinski definition) is 5. The molecule has 1 N–H and O–H groups in total. The Hall–Kier alpha value is -2.41. The Morgan fingerprint density at radius 2 is 1.17 bits per heavy atom. The Bertz CT molecular complexity index is 689. The van der Waals surface area contributed by atoms with E-state index in [-0.39, 0.29) is 6.61 Å². The van der Waals surface area contributed by atoms with Crippen molar-refractivity contribution >= 4 is 17.8 Å². The molecule has 2 rings (SSSR count). The molecule has 158 valence electrons. The summed E-state index contributed by atoms with van der Waals surface area (Å²) < 4.78 is 33.2. The van der Waals surface area contributed by atoms with E-state index in [9.17, 15) is 4.39 Å². The molecule has 0 saturated carbocycles. The van der Waals surface area contributed by atoms with Crippen molar-refractivity contribution in [2.45, 2.75) is 0 Å². The van der Waals surface area contributed by atoms with Crippen molar-refractivity contribution in [3.05, 3.63) is 59.7 Å². The summed E-state index contributed by atoms with van der Waals surface area (Å²) in [5.74, 6) is 0.811. The van der Waals surface area contributed by atoms with Crippen molar-refractivity contribution in [2.75, 3.05) is 65.3 Å². The van der Waals surface area contributed by atoms with E-state index in [0.29, 0.717) is 39.6 Å². The van der Waals surface area contributed by atoms with Crippen LogP contribution in [-0.4, -0.2) is 60.0 Å². The molecule has 0 spiro atoms. The van der Waals surface area contributed by atoms with E-state index in [2.05, 4.69) is 29.6 Å². The smallest absolute Gasteiger partial charge is 0.119 e. The van der Waals surface area contributed by atoms with Crippen LogP contribution in [0.4, 0.5) is 10.1 Å². The van der Waals surface area contributed by atoms with Gasteiger partial charge in [0, 0.05) is 12.7 Å². The molecule has 0 bridgehead atoms. The van der Waals surface area contributed by atoms with Gasteiger partial charge in [0.15, 0.2) is 0 Å². The van der Waals surface area contributed by atoms with Gasteiger partial charge in [-0.1, -0.05) is 36.4 Å². The van der Waals surface area contributed by atoms with E-state index >= 15 is 0 Å². The summed E-state index contributed by atoms with van der Waals surface area (Å²) >= 11 is 0. The van der Waals surface area contributed by atoms with Crippen molar-refractivity contribution in [3.63, 3.8) is 0 Å². The zero-order chi connectivity index (χ0) is 20.6. The molecule has 0 atom stereocenters. The highest BCUT2D eigenvalue weighted by Gasteiger charge is 1.96. The molecule has 0 aliphatic heterocycles. The first-order valence-corrected chi connectivity index (χ1v) is 9.80. The average Bonchev–Trinajstić information content (AvgIpc) is 2.77. The van der Waals surface area contributed by atoms with Gasteiger partial charge in [-0.3, -0.25) is 0 Å². The van der Waals surface area contributed by atoms with Crippen LogP contribution in [-0.2, 0) is 14.2 Å². The molecule has 0 aromatic heterocycles. The molecule has 0 saturated heterocycles. The first kappa shape index (κ1) is 22.9. The normalized spacial score (nSPS) is 11.1. The molecule has 6 heteroatoms. The molecule has 0 radical (unpaired) electrons. The van der Waals surface area contributed by atoms with Crippen LogP contribution in [0, 0.1) is 0 Å². The highest BCUT2D eigenvalue weighted by molar-refractivity contribution is 5.70. The topological polar surface area (TPSA) is 49.0 Å². The Kier molecular flexibility index (Phi) is 11.5. The summed E-state index contributed by atoms with van der Waals surface area (Å²) in [5, 5.41) is 3.11. The number of rotatable bonds is 15. The zero-order valence-electron chi connectivity index (χ0n) is 16.9. The summed E-state index contributed by atoms with van der Waals surface area (Å²) in [5.41, 5.74) is 3.36. The maximum absolute atomic E-state index is 11.8. The number of halogens is 1. The van der Waals surface area contributed by atoms with Crippen LogP contribution in [0.1, 0.15) is 11.1 Å². The van der Waals surface area contributed by atoms with Crippen molar-refractivity contribution in [1.29, 1.82) is 0 Å². The first-order chi connectivity index (χ1) is 14.3. The molecule has 0 amide bonds. The lowest BCUT2D eigenvalue weighted by Crippen LogP contribution is -2.13. The summed E-state index contributed by atoms with van der Waals surface area (Å²) in [6, 6.07) is 16.2. The van der Waals surface area contributed by atoms with Crippen LogP contribution in [0.3, 0.4) is 0 Å². The molecule has 0 aliphatic rings. The van der Waals surface area contributed by atoms with Gasteiger partial charge in [-0.25, -0.2) is 4.39 Å². The lowest BCUT2D eigenvalue weighted by Gasteiger charge is -2.08. The van der Waals surface area contributed by atoms with Crippen molar-refractivity contribution < 1.29 is 23.3 Å². The second kappa shape index (κ2) is 14.6. The molecule has 2 aromatic rings. The molecule has 0 heterocycles. The fourth-order valence-electron chi connectivity index (χ4n) is 2.44. The minimum atomic E-state index is -0.464. The summed E-state index contributed by atoms with van der Waals surface area (Å²) in [6.45, 7) is 2.46. The molecular weight excluding hydrogens is 373 g/mol. The Morgan fingerprint density at radius 1 is 0.690 bits per heavy atom. The van der Waals surface area contributed by atoms with Gasteiger partial charge in [-0.15, -0.1) is 0 Å². The lowest BCUT2D eigenvalue weighted by molar-refractivity contribution is 0.00750. The van der Waals surface area contributed by atoms with Crippen LogP contribution < -0.4 is 10.1 Å². The van der Waals surface area contributed by atoms with Gasteiger partial charge >= 0.3 is 0 Å². The standard InChI is InChI=1S/C23H30FNO4/c1-25-22-8-4-20(5-9-22)2-3-21-6-10-23(11-7-21)29-19-18-28-17-16-27-15-14-26-13-12-24/h2-11,25H,12-19H2,1H3/b3-2+. The quantitative estimate of drug-likeness (QED) is 0.355. The van der Waals surface area contributed by atoms with Gasteiger partial charge in [-0.05, 0) is 35.4 Å². The Morgan fingerprint density at radius 3 is 1.69 bits per heavy atom. The fourth-order valence-corrected chi connectivity index (χ4v) is 2.44. The number of ether oxygens (including phenoxy) is 4. The van der Waals surface area contributed by atoms with E-state index in [4.69, 9.17) is 18.9 Å². The van der Waals surface area contributed by atoms with Gasteiger partial charge in [-0.2, -0.15) is 0 Å². The molecule has 5 nitrogen and oxygen atoms in total. The maximum Gasteiger partial charge on any atom is 0.119 e. The Labute approximate surface area is 172 Å². The van der Waals surface area contributed by atoms with Crippen LogP contribution in [0.25, 0.3) is 12.2 Å². The number of nitrogens with one attached hydrogen (secondary N) is 1. The highest BCUT2D eigenvalue weighted by atomic mass is 19.1. The highest BCUT2D eigenvalue weighted by Crippen LogP contribution is 2.15. The first-order valence-electron chi connectivity index (χ1n) is 9.80. The van der Waals surface area contributed by atoms with E-state index < -0.39 is 6.67 Å². The molecule has 2 aromatic carbocycles. The van der Waals surface area contributed by atoms with E-state index in [1.165, 1.54) is 0 Å². The zero-order valence-corrected chi connectivity index (χ0v) is 16.9. The third kappa shape index (κ3) is 10.1. The van der Waals surface area contributed by atoms with Crippen molar-refractivity contribution in [2.24, 2.45) is 0 Å². The second-order valence-corrected chi connectivity index (χ2v) is 6.15. The monoisotopic (exact) mass is 403 g/mol. The molecule has 0 aliphatic carbocycles. The van der Waals surface area contributed by atoms with Crippen molar-refractivity contribution in [1.82, 2.24) is 0 Å². The largest absolute Gasteiger partial charge is 0.491 e. The summed E-state index contributed by atoms with van der Waals surface area (Å²) in [6.07, 6.45) is 4.16. The minimum Gasteiger partial charge on any atom is -0.491 e. The van der Waals surface area contributed by atoms with Gasteiger partial charge in [0.05, 0.1) is 39.6 Å². The van der Waals surface area contributed by atoms with Crippen LogP contribution in [0.2, 0.25) is 0 Å². The van der Waals surface area contributed by atoms with E-state index in [1.807, 2.05) is 43.4 Å². The average molecular weight is 403 g/mol. The number of benzene rings is 2. The van der Waals surface area contributed by atoms with Gasteiger partial charge in [0.2, 0.25) is 0 Å². The van der Waals surface area contributed by atoms with Gasteiger partial charge in [0.1, 0.15) is 19.0 Å². The summed E-state index contributed by atoms with van der Waals surface area (Å²) in [7, 11) is 1.91. The molecular formula is C23H30FNO4. The van der Waals surface area contributed by atoms with Crippen LogP contribution in [0.5, 0.6) is 5.75 Å². The van der Waals surface area contributed by atoms with Crippen molar-refractivity contribution in [3.8, 4) is 5.75 Å². The van der Waals surface area contributed by atoms with Crippen LogP contribution in [0.15, 0.2) is 48.5 Å². The maximum atomic E-state index is 11.8. The SMILES string of the molecule is CNc1ccc(/C=C/c2ccc(OCCOCCOCCOCCF)cc2)cc1. The predicted molar refractivity (Wildman–Crippen MR) is 115 cm³/mol. The molecule has 0 unspecified atom stereocenters. The Balaban J connectivity index is 1.56. The third-order valence-electron chi connectivity index (χ3n) is 4.01. The number of hydrogen-bond donors (Lipinski definition) is 1. The lowest BCUT2D eigenvalue weighted by atomic mass is 10.1. The number of anilines is 1. The van der Waals surface area contributed by atoms with Gasteiger partial charge in [0.25, 0.3) is 0 Å². The van der Waals surface area contributed by atoms with Gasteiger partial charge < -0.3 is 24.3 Å². The minimum absolute atomic E-state index is 0.124. The predicted octanol–water partition coefficient (Wildman–Crippen LogP) is 4.30. The van der Waals surface area contributed by atoms with Crippen LogP contribution >= 0.6 is 0 Å². The van der Waals surface area contributed by atoms with E-state index in [0.717, 1.165) is 22.6 Å². The third-order valence-corrected chi connectivity index (χ3v) is 4.01. The molecule has 0 fully saturated rings. The number of alkyl halides is 1.